The lowest BCUT2D eigenvalue weighted by molar-refractivity contribution is -0.121. The Morgan fingerprint density at radius 2 is 2.09 bits per heavy atom. The fourth-order valence-electron chi connectivity index (χ4n) is 2.48. The van der Waals surface area contributed by atoms with E-state index in [-0.39, 0.29) is 5.91 Å². The van der Waals surface area contributed by atoms with Crippen LogP contribution in [0.15, 0.2) is 29.8 Å². The summed E-state index contributed by atoms with van der Waals surface area (Å²) in [6.45, 7) is 4.09. The minimum absolute atomic E-state index is 0.0676. The number of nitrogens with zero attached hydrogens (tertiary/aromatic N) is 1. The Morgan fingerprint density at radius 3 is 2.70 bits per heavy atom. The maximum atomic E-state index is 12.9. The van der Waals surface area contributed by atoms with Gasteiger partial charge in [0.2, 0.25) is 5.91 Å². The molecular weight excluding hydrogens is 351 g/mol. The summed E-state index contributed by atoms with van der Waals surface area (Å²) in [5.41, 5.74) is 0.201. The monoisotopic (exact) mass is 370 g/mol. The molecule has 0 aliphatic carbocycles. The van der Waals surface area contributed by atoms with Crippen molar-refractivity contribution in [2.45, 2.75) is 44.9 Å². The Bertz CT molecular complexity index is 661. The molecule has 6 heteroatoms. The molecule has 1 heterocycles. The number of carbonyl (C=O) groups excluding carboxylic acids is 1. The van der Waals surface area contributed by atoms with Crippen LogP contribution in [0.5, 0.6) is 0 Å². The van der Waals surface area contributed by atoms with Gasteiger partial charge in [-0.2, -0.15) is 0 Å². The zero-order chi connectivity index (χ0) is 16.9. The highest BCUT2D eigenvalue weighted by Crippen LogP contribution is 2.35. The third-order valence-electron chi connectivity index (χ3n) is 3.99. The summed E-state index contributed by atoms with van der Waals surface area (Å²) in [5.74, 6) is -0.0676. The molecule has 0 fully saturated rings. The van der Waals surface area contributed by atoms with Crippen molar-refractivity contribution in [2.24, 2.45) is 0 Å². The third kappa shape index (κ3) is 4.46. The van der Waals surface area contributed by atoms with E-state index < -0.39 is 5.41 Å². The van der Waals surface area contributed by atoms with Crippen molar-refractivity contribution in [3.8, 4) is 0 Å². The number of carbonyl (C=O) groups is 1. The molecule has 0 bridgehead atoms. The van der Waals surface area contributed by atoms with Crippen LogP contribution in [0.4, 0.5) is 5.13 Å². The standard InChI is InChI=1S/C17H20Cl2N2OS/c1-3-4-5-8-17(2,12-6-7-13(18)14(19)11-12)15(22)21-16-20-9-10-23-16/h6-7,9-11H,3-5,8H2,1-2H3,(H,20,21,22)/t17-/m1/s1. The SMILES string of the molecule is CCCCC[C@@](C)(C(=O)Nc1nccs1)c1ccc(Cl)c(Cl)c1. The number of aromatic nitrogens is 1. The van der Waals surface area contributed by atoms with Crippen molar-refractivity contribution in [3.63, 3.8) is 0 Å². The fraction of sp³-hybridized carbons (Fsp3) is 0.412. The number of anilines is 1. The molecule has 0 aliphatic rings. The number of rotatable bonds is 7. The van der Waals surface area contributed by atoms with Gasteiger partial charge in [0.25, 0.3) is 0 Å². The largest absolute Gasteiger partial charge is 0.301 e. The van der Waals surface area contributed by atoms with E-state index in [1.165, 1.54) is 11.3 Å². The van der Waals surface area contributed by atoms with Crippen LogP contribution in [0.3, 0.4) is 0 Å². The number of amides is 1. The minimum Gasteiger partial charge on any atom is -0.301 e. The number of nitrogens with one attached hydrogen (secondary N) is 1. The second kappa shape index (κ2) is 8.13. The molecule has 3 nitrogen and oxygen atoms in total. The quantitative estimate of drug-likeness (QED) is 0.613. The Kier molecular flexibility index (Phi) is 6.45. The van der Waals surface area contributed by atoms with Crippen LogP contribution in [0.2, 0.25) is 10.0 Å². The van der Waals surface area contributed by atoms with E-state index in [4.69, 9.17) is 23.2 Å². The maximum Gasteiger partial charge on any atom is 0.236 e. The second-order valence-corrected chi connectivity index (χ2v) is 7.42. The molecule has 1 atom stereocenters. The van der Waals surface area contributed by atoms with E-state index in [0.29, 0.717) is 15.2 Å². The van der Waals surface area contributed by atoms with Crippen molar-refractivity contribution in [3.05, 3.63) is 45.4 Å². The molecule has 1 amide bonds. The Hall–Kier alpha value is -1.10. The second-order valence-electron chi connectivity index (χ2n) is 5.71. The lowest BCUT2D eigenvalue weighted by atomic mass is 9.77. The van der Waals surface area contributed by atoms with E-state index >= 15 is 0 Å². The van der Waals surface area contributed by atoms with E-state index in [9.17, 15) is 4.79 Å². The summed E-state index contributed by atoms with van der Waals surface area (Å²) < 4.78 is 0. The zero-order valence-electron chi connectivity index (χ0n) is 13.2. The van der Waals surface area contributed by atoms with Crippen molar-refractivity contribution >= 4 is 45.6 Å². The van der Waals surface area contributed by atoms with Crippen LogP contribution in [-0.2, 0) is 10.2 Å². The highest BCUT2D eigenvalue weighted by molar-refractivity contribution is 7.13. The molecule has 0 aliphatic heterocycles. The first-order chi connectivity index (χ1) is 11.0. The van der Waals surface area contributed by atoms with Crippen LogP contribution in [0, 0.1) is 0 Å². The summed E-state index contributed by atoms with van der Waals surface area (Å²) in [4.78, 5) is 17.0. The molecule has 0 spiro atoms. The summed E-state index contributed by atoms with van der Waals surface area (Å²) in [6, 6.07) is 5.41. The van der Waals surface area contributed by atoms with Gasteiger partial charge in [0.15, 0.2) is 5.13 Å². The van der Waals surface area contributed by atoms with Gasteiger partial charge in [-0.3, -0.25) is 4.79 Å². The zero-order valence-corrected chi connectivity index (χ0v) is 15.6. The topological polar surface area (TPSA) is 42.0 Å². The van der Waals surface area contributed by atoms with Gasteiger partial charge in [-0.15, -0.1) is 11.3 Å². The number of benzene rings is 1. The van der Waals surface area contributed by atoms with E-state index in [1.54, 1.807) is 18.3 Å². The van der Waals surface area contributed by atoms with Gasteiger partial charge in [0, 0.05) is 11.6 Å². The lowest BCUT2D eigenvalue weighted by Crippen LogP contribution is -2.37. The van der Waals surface area contributed by atoms with Crippen molar-refractivity contribution < 1.29 is 4.79 Å². The van der Waals surface area contributed by atoms with Crippen LogP contribution in [0.1, 0.15) is 45.1 Å². The molecule has 2 rings (SSSR count). The van der Waals surface area contributed by atoms with Gasteiger partial charge >= 0.3 is 0 Å². The Labute approximate surface area is 151 Å². The maximum absolute atomic E-state index is 12.9. The van der Waals surface area contributed by atoms with E-state index in [2.05, 4.69) is 17.2 Å². The van der Waals surface area contributed by atoms with Gasteiger partial charge in [-0.1, -0.05) is 55.5 Å². The van der Waals surface area contributed by atoms with Gasteiger partial charge in [0.05, 0.1) is 15.5 Å². The van der Waals surface area contributed by atoms with Crippen LogP contribution in [-0.4, -0.2) is 10.9 Å². The first-order valence-electron chi connectivity index (χ1n) is 7.64. The van der Waals surface area contributed by atoms with Gasteiger partial charge in [-0.05, 0) is 31.0 Å². The summed E-state index contributed by atoms with van der Waals surface area (Å²) in [7, 11) is 0. The van der Waals surface area contributed by atoms with Crippen LogP contribution in [0.25, 0.3) is 0 Å². The average molecular weight is 371 g/mol. The van der Waals surface area contributed by atoms with Gasteiger partial charge < -0.3 is 5.32 Å². The van der Waals surface area contributed by atoms with Crippen LogP contribution < -0.4 is 5.32 Å². The molecule has 124 valence electrons. The molecule has 0 saturated heterocycles. The van der Waals surface area contributed by atoms with Crippen molar-refractivity contribution in [1.82, 2.24) is 4.98 Å². The predicted octanol–water partition coefficient (Wildman–Crippen LogP) is 5.93. The first-order valence-corrected chi connectivity index (χ1v) is 9.27. The van der Waals surface area contributed by atoms with Crippen molar-refractivity contribution in [2.75, 3.05) is 5.32 Å². The molecule has 1 aromatic carbocycles. The third-order valence-corrected chi connectivity index (χ3v) is 5.42. The molecule has 2 aromatic rings. The highest BCUT2D eigenvalue weighted by Gasteiger charge is 2.35. The molecular formula is C17H20Cl2N2OS. The number of unbranched alkanes of at least 4 members (excludes halogenated alkanes) is 2. The smallest absolute Gasteiger partial charge is 0.236 e. The van der Waals surface area contributed by atoms with E-state index in [1.807, 2.05) is 18.4 Å². The fourth-order valence-corrected chi connectivity index (χ4v) is 3.30. The number of hydrogen-bond acceptors (Lipinski definition) is 3. The van der Waals surface area contributed by atoms with E-state index in [0.717, 1.165) is 31.2 Å². The molecule has 0 radical (unpaired) electrons. The molecule has 0 saturated carbocycles. The molecule has 1 aromatic heterocycles. The molecule has 0 unspecified atom stereocenters. The number of halogens is 2. The minimum atomic E-state index is -0.672. The van der Waals surface area contributed by atoms with Crippen LogP contribution >= 0.6 is 34.5 Å². The summed E-state index contributed by atoms with van der Waals surface area (Å²) in [6.07, 6.45) is 5.58. The average Bonchev–Trinajstić information content (AvgIpc) is 3.03. The summed E-state index contributed by atoms with van der Waals surface area (Å²) in [5, 5.41) is 6.32. The number of thiazole rings is 1. The molecule has 23 heavy (non-hydrogen) atoms. The molecule has 1 N–H and O–H groups in total. The Morgan fingerprint density at radius 1 is 1.30 bits per heavy atom. The predicted molar refractivity (Wildman–Crippen MR) is 98.7 cm³/mol. The normalized spacial score (nSPS) is 13.6. The summed E-state index contributed by atoms with van der Waals surface area (Å²) >= 11 is 13.6. The highest BCUT2D eigenvalue weighted by atomic mass is 35.5. The Balaban J connectivity index is 2.29. The number of hydrogen-bond donors (Lipinski definition) is 1. The van der Waals surface area contributed by atoms with Gasteiger partial charge in [-0.25, -0.2) is 4.98 Å². The first kappa shape index (κ1) is 18.2. The van der Waals surface area contributed by atoms with Gasteiger partial charge in [0.1, 0.15) is 0 Å². The van der Waals surface area contributed by atoms with Crippen molar-refractivity contribution in [1.29, 1.82) is 0 Å². The lowest BCUT2D eigenvalue weighted by Gasteiger charge is -2.29.